The third-order valence-corrected chi connectivity index (χ3v) is 1.81. The summed E-state index contributed by atoms with van der Waals surface area (Å²) in [6, 6.07) is 4.69. The van der Waals surface area contributed by atoms with Gasteiger partial charge in [0.15, 0.2) is 0 Å². The van der Waals surface area contributed by atoms with E-state index < -0.39 is 5.97 Å². The zero-order chi connectivity index (χ0) is 11.3. The van der Waals surface area contributed by atoms with Gasteiger partial charge in [0.25, 0.3) is 0 Å². The molecule has 0 amide bonds. The first-order valence-corrected chi connectivity index (χ1v) is 4.30. The summed E-state index contributed by atoms with van der Waals surface area (Å²) in [5, 5.41) is 8.74. The Hall–Kier alpha value is -1.99. The highest BCUT2D eigenvalue weighted by Gasteiger charge is 2.04. The van der Waals surface area contributed by atoms with E-state index in [1.165, 1.54) is 6.07 Å². The number of terminal acetylenes is 1. The van der Waals surface area contributed by atoms with Gasteiger partial charge in [-0.3, -0.25) is 10.3 Å². The van der Waals surface area contributed by atoms with Crippen molar-refractivity contribution < 1.29 is 14.7 Å². The number of benzene rings is 1. The summed E-state index contributed by atoms with van der Waals surface area (Å²) in [6.45, 7) is 1.94. The second kappa shape index (κ2) is 5.03. The van der Waals surface area contributed by atoms with Crippen molar-refractivity contribution in [1.29, 1.82) is 0 Å². The number of carbonyl (C=O) groups is 1. The lowest BCUT2D eigenvalue weighted by molar-refractivity contribution is 0.0697. The van der Waals surface area contributed by atoms with Gasteiger partial charge in [-0.05, 0) is 30.7 Å². The molecular weight excluding hydrogens is 194 g/mol. The predicted octanol–water partition coefficient (Wildman–Crippen LogP) is 1.67. The lowest BCUT2D eigenvalue weighted by Crippen LogP contribution is -2.04. The SMILES string of the molecule is C#CCONc1ccc(C(=O)O)cc1C. The minimum atomic E-state index is -0.950. The van der Waals surface area contributed by atoms with Crippen molar-refractivity contribution in [3.05, 3.63) is 29.3 Å². The Kier molecular flexibility index (Phi) is 3.72. The molecule has 1 aromatic rings. The second-order valence-electron chi connectivity index (χ2n) is 2.93. The molecule has 0 spiro atoms. The molecule has 0 bridgehead atoms. The molecule has 0 heterocycles. The Balaban J connectivity index is 2.76. The summed E-state index contributed by atoms with van der Waals surface area (Å²) in [5.41, 5.74) is 4.38. The molecule has 0 radical (unpaired) electrons. The van der Waals surface area contributed by atoms with Gasteiger partial charge in [-0.15, -0.1) is 6.42 Å². The summed E-state index contributed by atoms with van der Waals surface area (Å²) >= 11 is 0. The maximum atomic E-state index is 10.6. The number of hydrogen-bond acceptors (Lipinski definition) is 3. The lowest BCUT2D eigenvalue weighted by atomic mass is 10.1. The van der Waals surface area contributed by atoms with Gasteiger partial charge in [0, 0.05) is 0 Å². The Morgan fingerprint density at radius 2 is 2.40 bits per heavy atom. The molecule has 0 aliphatic heterocycles. The van der Waals surface area contributed by atoms with Crippen LogP contribution in [0, 0.1) is 19.3 Å². The minimum Gasteiger partial charge on any atom is -0.478 e. The van der Waals surface area contributed by atoms with Crippen LogP contribution < -0.4 is 5.48 Å². The van der Waals surface area contributed by atoms with E-state index >= 15 is 0 Å². The van der Waals surface area contributed by atoms with Crippen molar-refractivity contribution in [2.24, 2.45) is 0 Å². The van der Waals surface area contributed by atoms with Crippen LogP contribution >= 0.6 is 0 Å². The van der Waals surface area contributed by atoms with Crippen LogP contribution in [0.4, 0.5) is 5.69 Å². The minimum absolute atomic E-state index is 0.153. The number of aryl methyl sites for hydroxylation is 1. The van der Waals surface area contributed by atoms with Gasteiger partial charge < -0.3 is 5.11 Å². The first-order valence-electron chi connectivity index (χ1n) is 4.30. The fourth-order valence-corrected chi connectivity index (χ4v) is 1.07. The van der Waals surface area contributed by atoms with Gasteiger partial charge in [-0.25, -0.2) is 4.79 Å². The van der Waals surface area contributed by atoms with Crippen molar-refractivity contribution in [1.82, 2.24) is 0 Å². The fraction of sp³-hybridized carbons (Fsp3) is 0.182. The highest BCUT2D eigenvalue weighted by atomic mass is 16.6. The molecule has 0 unspecified atom stereocenters. The lowest BCUT2D eigenvalue weighted by Gasteiger charge is -2.08. The molecule has 15 heavy (non-hydrogen) atoms. The predicted molar refractivity (Wildman–Crippen MR) is 56.5 cm³/mol. The molecule has 0 atom stereocenters. The fourth-order valence-electron chi connectivity index (χ4n) is 1.07. The molecule has 78 valence electrons. The Bertz CT molecular complexity index is 407. The average Bonchev–Trinajstić information content (AvgIpc) is 2.20. The Morgan fingerprint density at radius 3 is 2.93 bits per heavy atom. The van der Waals surface area contributed by atoms with Crippen molar-refractivity contribution in [2.45, 2.75) is 6.92 Å². The molecule has 0 aliphatic carbocycles. The summed E-state index contributed by atoms with van der Waals surface area (Å²) in [6.07, 6.45) is 5.00. The van der Waals surface area contributed by atoms with E-state index in [1.54, 1.807) is 19.1 Å². The molecule has 4 heteroatoms. The van der Waals surface area contributed by atoms with Gasteiger partial charge in [-0.1, -0.05) is 5.92 Å². The van der Waals surface area contributed by atoms with Crippen molar-refractivity contribution in [3.63, 3.8) is 0 Å². The third-order valence-electron chi connectivity index (χ3n) is 1.81. The molecule has 0 fully saturated rings. The van der Waals surface area contributed by atoms with Gasteiger partial charge in [0.1, 0.15) is 6.61 Å². The third kappa shape index (κ3) is 3.01. The first-order chi connectivity index (χ1) is 7.15. The molecule has 2 N–H and O–H groups in total. The number of carboxylic acids is 1. The van der Waals surface area contributed by atoms with Gasteiger partial charge >= 0.3 is 5.97 Å². The Labute approximate surface area is 87.8 Å². The van der Waals surface area contributed by atoms with Crippen molar-refractivity contribution in [3.8, 4) is 12.3 Å². The maximum Gasteiger partial charge on any atom is 0.335 e. The molecule has 0 aliphatic rings. The van der Waals surface area contributed by atoms with Crippen LogP contribution in [0.25, 0.3) is 0 Å². The highest BCUT2D eigenvalue weighted by Crippen LogP contribution is 2.16. The van der Waals surface area contributed by atoms with Crippen molar-refractivity contribution >= 4 is 11.7 Å². The van der Waals surface area contributed by atoms with E-state index in [9.17, 15) is 4.79 Å². The summed E-state index contributed by atoms with van der Waals surface area (Å²) in [7, 11) is 0. The van der Waals surface area contributed by atoms with Gasteiger partial charge in [0.05, 0.1) is 11.3 Å². The normalized spacial score (nSPS) is 9.33. The highest BCUT2D eigenvalue weighted by molar-refractivity contribution is 5.88. The number of anilines is 1. The number of aromatic carboxylic acids is 1. The molecule has 0 aromatic heterocycles. The van der Waals surface area contributed by atoms with Crippen LogP contribution in [0.5, 0.6) is 0 Å². The van der Waals surface area contributed by atoms with Crippen LogP contribution in [-0.4, -0.2) is 17.7 Å². The summed E-state index contributed by atoms with van der Waals surface area (Å²) < 4.78 is 0. The molecule has 1 aromatic carbocycles. The van der Waals surface area contributed by atoms with E-state index in [0.717, 1.165) is 5.56 Å². The standard InChI is InChI=1S/C11H11NO3/c1-3-6-15-12-10-5-4-9(11(13)14)7-8(10)2/h1,4-5,7,12H,6H2,2H3,(H,13,14). The maximum absolute atomic E-state index is 10.6. The number of nitrogens with one attached hydrogen (secondary N) is 1. The van der Waals surface area contributed by atoms with Crippen LogP contribution in [0.2, 0.25) is 0 Å². The summed E-state index contributed by atoms with van der Waals surface area (Å²) in [4.78, 5) is 15.6. The van der Waals surface area contributed by atoms with E-state index in [0.29, 0.717) is 5.69 Å². The van der Waals surface area contributed by atoms with E-state index in [2.05, 4.69) is 11.4 Å². The molecule has 4 nitrogen and oxygen atoms in total. The van der Waals surface area contributed by atoms with Crippen LogP contribution in [0.3, 0.4) is 0 Å². The molecule has 0 saturated carbocycles. The number of carboxylic acid groups (broad SMARTS) is 1. The second-order valence-corrected chi connectivity index (χ2v) is 2.93. The van der Waals surface area contributed by atoms with Crippen LogP contribution in [-0.2, 0) is 4.84 Å². The van der Waals surface area contributed by atoms with Crippen LogP contribution in [0.1, 0.15) is 15.9 Å². The Morgan fingerprint density at radius 1 is 1.67 bits per heavy atom. The zero-order valence-corrected chi connectivity index (χ0v) is 8.28. The number of rotatable bonds is 4. The number of hydrogen-bond donors (Lipinski definition) is 2. The molecular formula is C11H11NO3. The molecule has 1 rings (SSSR count). The smallest absolute Gasteiger partial charge is 0.335 e. The topological polar surface area (TPSA) is 58.6 Å². The quantitative estimate of drug-likeness (QED) is 0.446. The zero-order valence-electron chi connectivity index (χ0n) is 8.28. The monoisotopic (exact) mass is 205 g/mol. The van der Waals surface area contributed by atoms with E-state index in [4.69, 9.17) is 16.4 Å². The van der Waals surface area contributed by atoms with Gasteiger partial charge in [-0.2, -0.15) is 0 Å². The largest absolute Gasteiger partial charge is 0.478 e. The summed E-state index contributed by atoms with van der Waals surface area (Å²) in [5.74, 6) is 1.36. The van der Waals surface area contributed by atoms with Gasteiger partial charge in [0.2, 0.25) is 0 Å². The van der Waals surface area contributed by atoms with Crippen LogP contribution in [0.15, 0.2) is 18.2 Å². The van der Waals surface area contributed by atoms with Crippen molar-refractivity contribution in [2.75, 3.05) is 12.1 Å². The molecule has 0 saturated heterocycles. The van der Waals surface area contributed by atoms with E-state index in [1.807, 2.05) is 0 Å². The van der Waals surface area contributed by atoms with E-state index in [-0.39, 0.29) is 12.2 Å². The average molecular weight is 205 g/mol. The first kappa shape index (κ1) is 11.1.